The SMILES string of the molecule is C=CC(=O)O/C(C)=C(\C)Oc1ccc(-c2ccc(O/C(C)=C(\C)OC(=O)C(=C)C)cc2F)cc1. The van der Waals surface area contributed by atoms with Gasteiger partial charge < -0.3 is 18.9 Å². The van der Waals surface area contributed by atoms with Gasteiger partial charge in [0.05, 0.1) is 0 Å². The van der Waals surface area contributed by atoms with Crippen LogP contribution >= 0.6 is 0 Å². The van der Waals surface area contributed by atoms with Crippen LogP contribution in [0.25, 0.3) is 11.1 Å². The van der Waals surface area contributed by atoms with E-state index in [1.807, 2.05) is 0 Å². The summed E-state index contributed by atoms with van der Waals surface area (Å²) in [5.41, 5.74) is 1.26. The second kappa shape index (κ2) is 11.7. The van der Waals surface area contributed by atoms with Gasteiger partial charge in [0.1, 0.15) is 40.4 Å². The molecule has 0 spiro atoms. The van der Waals surface area contributed by atoms with Gasteiger partial charge in [-0.3, -0.25) is 0 Å². The summed E-state index contributed by atoms with van der Waals surface area (Å²) in [7, 11) is 0. The molecular weight excluding hydrogens is 439 g/mol. The molecule has 0 saturated heterocycles. The minimum Gasteiger partial charge on any atom is -0.459 e. The lowest BCUT2D eigenvalue weighted by Gasteiger charge is -2.12. The van der Waals surface area contributed by atoms with E-state index in [0.29, 0.717) is 34.2 Å². The highest BCUT2D eigenvalue weighted by Crippen LogP contribution is 2.29. The zero-order valence-electron chi connectivity index (χ0n) is 19.9. The van der Waals surface area contributed by atoms with Gasteiger partial charge in [0.25, 0.3) is 0 Å². The molecule has 0 heterocycles. The molecule has 34 heavy (non-hydrogen) atoms. The van der Waals surface area contributed by atoms with Crippen molar-refractivity contribution in [2.75, 3.05) is 0 Å². The summed E-state index contributed by atoms with van der Waals surface area (Å²) in [6.07, 6.45) is 1.06. The monoisotopic (exact) mass is 466 g/mol. The minimum absolute atomic E-state index is 0.256. The molecule has 2 aromatic rings. The van der Waals surface area contributed by atoms with E-state index in [1.54, 1.807) is 71.0 Å². The van der Waals surface area contributed by atoms with Crippen molar-refractivity contribution in [3.05, 3.63) is 96.1 Å². The first-order valence-electron chi connectivity index (χ1n) is 10.3. The Morgan fingerprint density at radius 1 is 0.794 bits per heavy atom. The van der Waals surface area contributed by atoms with Gasteiger partial charge in [-0.05, 0) is 64.4 Å². The average molecular weight is 467 g/mol. The molecule has 0 unspecified atom stereocenters. The zero-order chi connectivity index (χ0) is 25.4. The normalized spacial score (nSPS) is 12.1. The quantitative estimate of drug-likeness (QED) is 0.236. The number of carbonyl (C=O) groups is 2. The van der Waals surface area contributed by atoms with Crippen molar-refractivity contribution in [2.24, 2.45) is 0 Å². The molecular formula is C27H27FO6. The highest BCUT2D eigenvalue weighted by molar-refractivity contribution is 5.87. The molecule has 7 heteroatoms. The van der Waals surface area contributed by atoms with Gasteiger partial charge in [-0.25, -0.2) is 14.0 Å². The Balaban J connectivity index is 2.13. The number of halogens is 1. The van der Waals surface area contributed by atoms with Crippen molar-refractivity contribution in [1.82, 2.24) is 0 Å². The first-order chi connectivity index (χ1) is 16.0. The lowest BCUT2D eigenvalue weighted by Crippen LogP contribution is -2.06. The number of ether oxygens (including phenoxy) is 4. The van der Waals surface area contributed by atoms with E-state index in [0.717, 1.165) is 6.08 Å². The van der Waals surface area contributed by atoms with E-state index >= 15 is 0 Å². The topological polar surface area (TPSA) is 71.1 Å². The molecule has 0 aliphatic heterocycles. The molecule has 2 aromatic carbocycles. The number of hydrogen-bond acceptors (Lipinski definition) is 6. The number of hydrogen-bond donors (Lipinski definition) is 0. The minimum atomic E-state index is -0.576. The second-order valence-corrected chi connectivity index (χ2v) is 7.39. The molecule has 0 amide bonds. The maximum Gasteiger partial charge on any atom is 0.338 e. The number of esters is 2. The molecule has 6 nitrogen and oxygen atoms in total. The third-order valence-electron chi connectivity index (χ3n) is 4.65. The Morgan fingerprint density at radius 3 is 1.85 bits per heavy atom. The molecule has 178 valence electrons. The fraction of sp³-hybridized carbons (Fsp3) is 0.185. The third kappa shape index (κ3) is 7.20. The van der Waals surface area contributed by atoms with Crippen LogP contribution in [0.5, 0.6) is 11.5 Å². The molecule has 0 radical (unpaired) electrons. The Morgan fingerprint density at radius 2 is 1.32 bits per heavy atom. The van der Waals surface area contributed by atoms with Crippen LogP contribution in [0, 0.1) is 5.82 Å². The van der Waals surface area contributed by atoms with Gasteiger partial charge in [0.15, 0.2) is 0 Å². The van der Waals surface area contributed by atoms with Crippen LogP contribution in [0.3, 0.4) is 0 Å². The van der Waals surface area contributed by atoms with Crippen molar-refractivity contribution < 1.29 is 32.9 Å². The van der Waals surface area contributed by atoms with E-state index in [9.17, 15) is 14.0 Å². The highest BCUT2D eigenvalue weighted by Gasteiger charge is 2.12. The third-order valence-corrected chi connectivity index (χ3v) is 4.65. The molecule has 0 saturated carbocycles. The fourth-order valence-electron chi connectivity index (χ4n) is 2.56. The smallest absolute Gasteiger partial charge is 0.338 e. The molecule has 0 aliphatic carbocycles. The van der Waals surface area contributed by atoms with E-state index in [4.69, 9.17) is 18.9 Å². The number of carbonyl (C=O) groups excluding carboxylic acids is 2. The summed E-state index contributed by atoms with van der Waals surface area (Å²) in [5, 5.41) is 0. The summed E-state index contributed by atoms with van der Waals surface area (Å²) >= 11 is 0. The van der Waals surface area contributed by atoms with E-state index in [1.165, 1.54) is 6.07 Å². The average Bonchev–Trinajstić information content (AvgIpc) is 2.79. The molecule has 0 bridgehead atoms. The van der Waals surface area contributed by atoms with Crippen molar-refractivity contribution in [3.8, 4) is 22.6 Å². The molecule has 2 rings (SSSR count). The number of rotatable bonds is 9. The molecule has 0 aliphatic rings. The van der Waals surface area contributed by atoms with Gasteiger partial charge >= 0.3 is 11.9 Å². The van der Waals surface area contributed by atoms with Gasteiger partial charge in [0, 0.05) is 23.3 Å². The zero-order valence-corrected chi connectivity index (χ0v) is 19.9. The van der Waals surface area contributed by atoms with Gasteiger partial charge in [-0.1, -0.05) is 25.3 Å². The van der Waals surface area contributed by atoms with Crippen LogP contribution < -0.4 is 9.47 Å². The molecule has 0 atom stereocenters. The summed E-state index contributed by atoms with van der Waals surface area (Å²) in [4.78, 5) is 22.9. The van der Waals surface area contributed by atoms with Gasteiger partial charge in [-0.15, -0.1) is 0 Å². The van der Waals surface area contributed by atoms with Crippen LogP contribution in [0.4, 0.5) is 4.39 Å². The Kier molecular flexibility index (Phi) is 8.95. The summed E-state index contributed by atoms with van der Waals surface area (Å²) in [6.45, 7) is 14.9. The van der Waals surface area contributed by atoms with Crippen LogP contribution in [-0.2, 0) is 19.1 Å². The molecule has 0 N–H and O–H groups in total. The Labute approximate surface area is 198 Å². The Bertz CT molecular complexity index is 1170. The van der Waals surface area contributed by atoms with Crippen molar-refractivity contribution >= 4 is 11.9 Å². The van der Waals surface area contributed by atoms with Crippen LogP contribution in [0.1, 0.15) is 34.6 Å². The van der Waals surface area contributed by atoms with E-state index in [-0.39, 0.29) is 17.1 Å². The predicted octanol–water partition coefficient (Wildman–Crippen LogP) is 6.60. The maximum atomic E-state index is 14.8. The molecule has 0 aromatic heterocycles. The van der Waals surface area contributed by atoms with Crippen molar-refractivity contribution in [3.63, 3.8) is 0 Å². The van der Waals surface area contributed by atoms with Crippen LogP contribution in [0.15, 0.2) is 90.3 Å². The van der Waals surface area contributed by atoms with Crippen LogP contribution in [-0.4, -0.2) is 11.9 Å². The van der Waals surface area contributed by atoms with Crippen molar-refractivity contribution in [2.45, 2.75) is 34.6 Å². The second-order valence-electron chi connectivity index (χ2n) is 7.39. The number of allylic oxidation sites excluding steroid dienone is 4. The van der Waals surface area contributed by atoms with Crippen molar-refractivity contribution in [1.29, 1.82) is 0 Å². The van der Waals surface area contributed by atoms with Gasteiger partial charge in [-0.2, -0.15) is 0 Å². The lowest BCUT2D eigenvalue weighted by atomic mass is 10.0. The molecule has 0 fully saturated rings. The highest BCUT2D eigenvalue weighted by atomic mass is 19.1. The van der Waals surface area contributed by atoms with Gasteiger partial charge in [0.2, 0.25) is 0 Å². The van der Waals surface area contributed by atoms with Crippen LogP contribution in [0.2, 0.25) is 0 Å². The summed E-state index contributed by atoms with van der Waals surface area (Å²) < 4.78 is 36.2. The van der Waals surface area contributed by atoms with E-state index in [2.05, 4.69) is 13.2 Å². The largest absolute Gasteiger partial charge is 0.459 e. The first kappa shape index (κ1) is 26.1. The summed E-state index contributed by atoms with van der Waals surface area (Å²) in [5.74, 6) is 0.422. The van der Waals surface area contributed by atoms with E-state index < -0.39 is 17.8 Å². The lowest BCUT2D eigenvalue weighted by molar-refractivity contribution is -0.135. The standard InChI is InChI=1S/C27H27FO6/c1-8-26(29)33-19(6)17(4)31-22-11-9-21(10-12-22)24-14-13-23(15-25(24)28)32-18(5)20(7)34-27(30)16(2)3/h8-15H,1-2H2,3-7H3/b19-17+,20-18+. The fourth-order valence-corrected chi connectivity index (χ4v) is 2.56. The summed E-state index contributed by atoms with van der Waals surface area (Å²) in [6, 6.07) is 11.2. The Hall–Kier alpha value is -4.13. The maximum absolute atomic E-state index is 14.8. The first-order valence-corrected chi connectivity index (χ1v) is 10.3. The number of benzene rings is 2. The predicted molar refractivity (Wildman–Crippen MR) is 127 cm³/mol.